The van der Waals surface area contributed by atoms with E-state index in [9.17, 15) is 45.8 Å². The number of nitro benzene ring substituents is 2. The minimum atomic E-state index is -3.78. The van der Waals surface area contributed by atoms with Crippen LogP contribution in [-0.4, -0.2) is 84.3 Å². The molecule has 17 nitrogen and oxygen atoms in total. The van der Waals surface area contributed by atoms with Gasteiger partial charge in [0.05, 0.1) is 26.9 Å². The molecule has 0 radical (unpaired) electrons. The van der Waals surface area contributed by atoms with Crippen molar-refractivity contribution in [1.29, 1.82) is 0 Å². The number of hydrogen-bond acceptors (Lipinski definition) is 12. The molecule has 1 aliphatic rings. The Morgan fingerprint density at radius 3 is 2.04 bits per heavy atom. The van der Waals surface area contributed by atoms with Crippen LogP contribution in [-0.2, 0) is 31.1 Å². The Bertz CT molecular complexity index is 1740. The number of guanidine groups is 1. The van der Waals surface area contributed by atoms with Crippen LogP contribution in [0.2, 0.25) is 0 Å². The molecule has 0 bridgehead atoms. The molecule has 0 spiro atoms. The van der Waals surface area contributed by atoms with Crippen molar-refractivity contribution >= 4 is 77.3 Å². The Morgan fingerprint density at radius 2 is 1.62 bits per heavy atom. The number of nitro groups is 2. The fraction of sp³-hybridized carbons (Fsp3) is 0.440. The van der Waals surface area contributed by atoms with Gasteiger partial charge < -0.3 is 21.9 Å². The molecule has 3 rings (SSSR count). The van der Waals surface area contributed by atoms with E-state index in [2.05, 4.69) is 37.6 Å². The molecule has 2 atom stereocenters. The number of non-ortho nitro benzene ring substituents is 2. The number of rotatable bonds is 8. The predicted octanol–water partition coefficient (Wildman–Crippen LogP) is 1.92. The lowest BCUT2D eigenvalue weighted by Crippen LogP contribution is -2.52. The Morgan fingerprint density at radius 1 is 1.17 bits per heavy atom. The van der Waals surface area contributed by atoms with Crippen LogP contribution in [0.15, 0.2) is 41.4 Å². The lowest BCUT2D eigenvalue weighted by atomic mass is 9.93. The summed E-state index contributed by atoms with van der Waals surface area (Å²) in [7, 11) is -5.13. The second-order valence-corrected chi connectivity index (χ2v) is 14.3. The number of thiocarbonyl (C=S) groups is 1. The first-order valence-electron chi connectivity index (χ1n) is 13.2. The zero-order chi connectivity index (χ0) is 37.8. The van der Waals surface area contributed by atoms with Gasteiger partial charge in [-0.1, -0.05) is 22.6 Å². The molecule has 0 amide bonds. The summed E-state index contributed by atoms with van der Waals surface area (Å²) >= 11 is 6.84. The highest BCUT2D eigenvalue weighted by Gasteiger charge is 2.42. The van der Waals surface area contributed by atoms with Gasteiger partial charge in [0.1, 0.15) is 17.2 Å². The van der Waals surface area contributed by atoms with Crippen LogP contribution in [0.3, 0.4) is 0 Å². The van der Waals surface area contributed by atoms with Gasteiger partial charge in [0.2, 0.25) is 26.0 Å². The van der Waals surface area contributed by atoms with E-state index in [1.807, 2.05) is 4.93 Å². The van der Waals surface area contributed by atoms with E-state index >= 15 is 0 Å². The zero-order valence-electron chi connectivity index (χ0n) is 26.6. The number of aliphatic hydroxyl groups is 1. The maximum atomic E-state index is 14.1. The summed E-state index contributed by atoms with van der Waals surface area (Å²) < 4.78 is 78.6. The molecule has 0 aromatic heterocycles. The summed E-state index contributed by atoms with van der Waals surface area (Å²) in [5.74, 6) is -3.04. The maximum absolute atomic E-state index is 14.1. The van der Waals surface area contributed by atoms with Gasteiger partial charge in [-0.3, -0.25) is 20.2 Å². The van der Waals surface area contributed by atoms with Crippen molar-refractivity contribution in [2.24, 2.45) is 16.5 Å². The van der Waals surface area contributed by atoms with Crippen LogP contribution in [0.4, 0.5) is 20.2 Å². The topological polar surface area (TPSA) is 266 Å². The van der Waals surface area contributed by atoms with Gasteiger partial charge in [-0.25, -0.2) is 39.6 Å². The molecular formula is C25H37F2IN8O9S3. The van der Waals surface area contributed by atoms with E-state index in [0.29, 0.717) is 0 Å². The SMILES string of the molecule is CCO.CI.CN1C(N)=N[C@](C)(c2cc([N+](=O)[O-])ccc2F)CS1(=O)=O.CNS(=O)(=O)C[C@](C)(NC(N)=S)c1cc([N+](=O)[O-])ccc1F. The summed E-state index contributed by atoms with van der Waals surface area (Å²) in [4.78, 5) is 26.2. The van der Waals surface area contributed by atoms with E-state index in [1.54, 1.807) is 6.92 Å². The van der Waals surface area contributed by atoms with Gasteiger partial charge in [-0.05, 0) is 57.1 Å². The van der Waals surface area contributed by atoms with E-state index < -0.39 is 64.1 Å². The normalized spacial score (nSPS) is 17.7. The van der Waals surface area contributed by atoms with Crippen LogP contribution >= 0.6 is 34.8 Å². The first-order chi connectivity index (χ1) is 22.0. The van der Waals surface area contributed by atoms with Crippen molar-refractivity contribution in [3.63, 3.8) is 0 Å². The predicted molar refractivity (Wildman–Crippen MR) is 189 cm³/mol. The number of nitrogens with one attached hydrogen (secondary N) is 2. The van der Waals surface area contributed by atoms with Crippen LogP contribution in [0.5, 0.6) is 0 Å². The summed E-state index contributed by atoms with van der Waals surface area (Å²) in [6.45, 7) is 4.63. The van der Waals surface area contributed by atoms with Gasteiger partial charge in [-0.2, -0.15) is 0 Å². The zero-order valence-corrected chi connectivity index (χ0v) is 31.2. The highest BCUT2D eigenvalue weighted by atomic mass is 127. The fourth-order valence-corrected chi connectivity index (χ4v) is 6.89. The smallest absolute Gasteiger partial charge is 0.270 e. The highest BCUT2D eigenvalue weighted by molar-refractivity contribution is 14.1. The lowest BCUT2D eigenvalue weighted by molar-refractivity contribution is -0.385. The summed E-state index contributed by atoms with van der Waals surface area (Å²) in [6.07, 6.45) is 0. The Kier molecular flexibility index (Phi) is 17.1. The Labute approximate surface area is 295 Å². The van der Waals surface area contributed by atoms with Crippen LogP contribution in [0.1, 0.15) is 31.9 Å². The first kappa shape index (κ1) is 44.6. The van der Waals surface area contributed by atoms with E-state index in [4.69, 9.17) is 28.8 Å². The average Bonchev–Trinajstić information content (AvgIpc) is 2.97. The molecule has 0 fully saturated rings. The number of halogens is 3. The van der Waals surface area contributed by atoms with Crippen molar-refractivity contribution in [1.82, 2.24) is 14.3 Å². The van der Waals surface area contributed by atoms with Gasteiger partial charge in [0, 0.05) is 49.0 Å². The molecule has 0 aliphatic carbocycles. The molecule has 48 heavy (non-hydrogen) atoms. The summed E-state index contributed by atoms with van der Waals surface area (Å²) in [6, 6.07) is 5.71. The van der Waals surface area contributed by atoms with Crippen LogP contribution < -0.4 is 21.5 Å². The van der Waals surface area contributed by atoms with Crippen molar-refractivity contribution < 1.29 is 40.6 Å². The van der Waals surface area contributed by atoms with Crippen LogP contribution in [0.25, 0.3) is 0 Å². The third-order valence-electron chi connectivity index (χ3n) is 6.25. The molecule has 0 saturated heterocycles. The quantitative estimate of drug-likeness (QED) is 0.0837. The van der Waals surface area contributed by atoms with Crippen LogP contribution in [0, 0.1) is 31.9 Å². The third-order valence-corrected chi connectivity index (χ3v) is 9.88. The third kappa shape index (κ3) is 12.2. The minimum Gasteiger partial charge on any atom is -0.397 e. The molecule has 1 heterocycles. The first-order valence-corrected chi connectivity index (χ1v) is 19.0. The average molecular weight is 855 g/mol. The van der Waals surface area contributed by atoms with Gasteiger partial charge >= 0.3 is 0 Å². The summed E-state index contributed by atoms with van der Waals surface area (Å²) in [5, 5.41) is 31.4. The molecule has 0 saturated carbocycles. The summed E-state index contributed by atoms with van der Waals surface area (Å²) in [5.41, 5.74) is 6.68. The molecule has 2 aromatic carbocycles. The molecule has 23 heteroatoms. The van der Waals surface area contributed by atoms with E-state index in [0.717, 1.165) is 40.7 Å². The minimum absolute atomic E-state index is 0.184. The Hall–Kier alpha value is -3.39. The number of benzene rings is 2. The second-order valence-electron chi connectivity index (χ2n) is 9.91. The number of nitrogens with zero attached hydrogens (tertiary/aromatic N) is 4. The molecular weight excluding hydrogens is 817 g/mol. The highest BCUT2D eigenvalue weighted by Crippen LogP contribution is 2.35. The number of aliphatic hydroxyl groups excluding tert-OH is 1. The monoisotopic (exact) mass is 854 g/mol. The Balaban J connectivity index is 0.000000812. The van der Waals surface area contributed by atoms with Gasteiger partial charge in [0.15, 0.2) is 5.11 Å². The number of alkyl halides is 1. The van der Waals surface area contributed by atoms with Crippen molar-refractivity contribution in [2.45, 2.75) is 31.8 Å². The van der Waals surface area contributed by atoms with Crippen molar-refractivity contribution in [3.05, 3.63) is 79.4 Å². The lowest BCUT2D eigenvalue weighted by Gasteiger charge is -2.34. The number of hydrogen-bond donors (Lipinski definition) is 5. The molecule has 0 unspecified atom stereocenters. The number of nitrogens with two attached hydrogens (primary N) is 2. The standard InChI is InChI=1S/C11H15FN4O4S2.C11H13FN4O4S.C2H6O.CH3I/c1-11(15-10(13)21,6-22(19,20)14-2)8-5-7(16(17)18)3-4-9(8)12;1-11(6-21(19,20)15(2)10(13)14-11)8-5-7(16(17)18)3-4-9(8)12;1-2-3;1-2/h3-5,14H,6H2,1-2H3,(H3,13,15,21);3-5H,6H2,1-2H3,(H2,13,14);3H,2H2,1H3;1H3/t2*11-;;/m00../s1. The molecule has 270 valence electrons. The maximum Gasteiger partial charge on any atom is 0.270 e. The van der Waals surface area contributed by atoms with Crippen molar-refractivity contribution in [3.8, 4) is 0 Å². The largest absolute Gasteiger partial charge is 0.397 e. The van der Waals surface area contributed by atoms with E-state index in [1.165, 1.54) is 27.9 Å². The van der Waals surface area contributed by atoms with Gasteiger partial charge in [0.25, 0.3) is 11.4 Å². The molecule has 1 aliphatic heterocycles. The fourth-order valence-electron chi connectivity index (χ4n) is 4.08. The van der Waals surface area contributed by atoms with E-state index in [-0.39, 0.29) is 40.2 Å². The second kappa shape index (κ2) is 18.4. The number of sulfonamides is 2. The van der Waals surface area contributed by atoms with Crippen molar-refractivity contribution in [2.75, 3.05) is 37.1 Å². The molecule has 7 N–H and O–H groups in total. The molecule has 2 aromatic rings. The van der Waals surface area contributed by atoms with Gasteiger partial charge in [-0.15, -0.1) is 0 Å². The number of aliphatic imine (C=N–C) groups is 1.